The van der Waals surface area contributed by atoms with Crippen molar-refractivity contribution in [3.8, 4) is 0 Å². The number of hydrogen-bond donors (Lipinski definition) is 2. The van der Waals surface area contributed by atoms with Crippen molar-refractivity contribution in [2.45, 2.75) is 32.7 Å². The van der Waals surface area contributed by atoms with Crippen LogP contribution in [0.2, 0.25) is 5.02 Å². The number of rotatable bonds is 6. The van der Waals surface area contributed by atoms with E-state index in [9.17, 15) is 9.59 Å². The van der Waals surface area contributed by atoms with Crippen LogP contribution in [0.4, 0.5) is 0 Å². The fourth-order valence-corrected chi connectivity index (χ4v) is 1.95. The maximum atomic E-state index is 11.8. The summed E-state index contributed by atoms with van der Waals surface area (Å²) < 4.78 is 0. The molecule has 2 atom stereocenters. The van der Waals surface area contributed by atoms with Crippen LogP contribution < -0.4 is 5.32 Å². The minimum absolute atomic E-state index is 0.110. The molecule has 0 heterocycles. The van der Waals surface area contributed by atoms with E-state index in [2.05, 4.69) is 5.32 Å². The Bertz CT molecular complexity index is 462. The highest BCUT2D eigenvalue weighted by Crippen LogP contribution is 2.12. The fraction of sp³-hybridized carbons (Fsp3) is 0.429. The van der Waals surface area contributed by atoms with E-state index in [1.807, 2.05) is 6.92 Å². The van der Waals surface area contributed by atoms with Crippen molar-refractivity contribution < 1.29 is 14.7 Å². The molecule has 0 saturated heterocycles. The molecule has 1 amide bonds. The molecule has 19 heavy (non-hydrogen) atoms. The van der Waals surface area contributed by atoms with E-state index in [1.165, 1.54) is 0 Å². The van der Waals surface area contributed by atoms with Crippen molar-refractivity contribution in [1.82, 2.24) is 5.32 Å². The second-order valence-electron chi connectivity index (χ2n) is 4.58. The zero-order valence-electron chi connectivity index (χ0n) is 11.0. The third kappa shape index (κ3) is 4.91. The molecule has 4 nitrogen and oxygen atoms in total. The number of aliphatic carboxylic acids is 1. The molecular weight excluding hydrogens is 266 g/mol. The van der Waals surface area contributed by atoms with E-state index in [0.29, 0.717) is 11.4 Å². The van der Waals surface area contributed by atoms with Crippen LogP contribution in [0, 0.1) is 5.92 Å². The van der Waals surface area contributed by atoms with Gasteiger partial charge in [-0.3, -0.25) is 4.79 Å². The van der Waals surface area contributed by atoms with Crippen molar-refractivity contribution in [3.05, 3.63) is 34.9 Å². The summed E-state index contributed by atoms with van der Waals surface area (Å²) in [6.45, 7) is 3.70. The van der Waals surface area contributed by atoms with Gasteiger partial charge < -0.3 is 10.4 Å². The Hall–Kier alpha value is -1.55. The second-order valence-corrected chi connectivity index (χ2v) is 5.01. The minimum Gasteiger partial charge on any atom is -0.480 e. The largest absolute Gasteiger partial charge is 0.480 e. The lowest BCUT2D eigenvalue weighted by Crippen LogP contribution is -2.45. The molecule has 1 rings (SSSR count). The molecule has 0 unspecified atom stereocenters. The summed E-state index contributed by atoms with van der Waals surface area (Å²) >= 11 is 5.83. The first-order chi connectivity index (χ1) is 8.93. The van der Waals surface area contributed by atoms with Gasteiger partial charge in [0.25, 0.3) is 0 Å². The molecule has 0 aliphatic carbocycles. The second kappa shape index (κ2) is 7.14. The van der Waals surface area contributed by atoms with Gasteiger partial charge in [0.1, 0.15) is 6.04 Å². The number of carbonyl (C=O) groups is 2. The van der Waals surface area contributed by atoms with Crippen LogP contribution in [-0.2, 0) is 16.0 Å². The standard InChI is InChI=1S/C14H18ClNO3/c1-3-9(2)13(14(18)19)16-12(17)8-10-5-4-6-11(15)7-10/h4-7,9,13H,3,8H2,1-2H3,(H,16,17)(H,18,19)/t9-,13-/m0/s1. The smallest absolute Gasteiger partial charge is 0.326 e. The minimum atomic E-state index is -1.01. The Morgan fingerprint density at radius 2 is 2.11 bits per heavy atom. The number of halogens is 1. The van der Waals surface area contributed by atoms with Gasteiger partial charge in [-0.25, -0.2) is 4.79 Å². The summed E-state index contributed by atoms with van der Waals surface area (Å²) in [5.41, 5.74) is 0.762. The van der Waals surface area contributed by atoms with E-state index in [0.717, 1.165) is 5.56 Å². The molecule has 2 N–H and O–H groups in total. The van der Waals surface area contributed by atoms with Crippen LogP contribution in [0.25, 0.3) is 0 Å². The zero-order chi connectivity index (χ0) is 14.4. The molecule has 0 radical (unpaired) electrons. The molecule has 0 aliphatic heterocycles. The van der Waals surface area contributed by atoms with E-state index < -0.39 is 12.0 Å². The van der Waals surface area contributed by atoms with Crippen LogP contribution in [0.5, 0.6) is 0 Å². The maximum Gasteiger partial charge on any atom is 0.326 e. The molecule has 0 saturated carbocycles. The third-order valence-corrected chi connectivity index (χ3v) is 3.28. The normalized spacial score (nSPS) is 13.6. The lowest BCUT2D eigenvalue weighted by atomic mass is 9.99. The Morgan fingerprint density at radius 3 is 2.63 bits per heavy atom. The van der Waals surface area contributed by atoms with Crippen LogP contribution in [0.1, 0.15) is 25.8 Å². The average molecular weight is 284 g/mol. The number of carboxylic acid groups (broad SMARTS) is 1. The summed E-state index contributed by atoms with van der Waals surface area (Å²) in [5, 5.41) is 12.2. The highest BCUT2D eigenvalue weighted by Gasteiger charge is 2.25. The first-order valence-electron chi connectivity index (χ1n) is 6.20. The Kier molecular flexibility index (Phi) is 5.83. The van der Waals surface area contributed by atoms with Gasteiger partial charge in [0.05, 0.1) is 6.42 Å². The number of amides is 1. The third-order valence-electron chi connectivity index (χ3n) is 3.05. The summed E-state index contributed by atoms with van der Waals surface area (Å²) in [6, 6.07) is 6.11. The van der Waals surface area contributed by atoms with Crippen molar-refractivity contribution >= 4 is 23.5 Å². The topological polar surface area (TPSA) is 66.4 Å². The van der Waals surface area contributed by atoms with Gasteiger partial charge in [0, 0.05) is 5.02 Å². The van der Waals surface area contributed by atoms with E-state index >= 15 is 0 Å². The first kappa shape index (κ1) is 15.5. The first-order valence-corrected chi connectivity index (χ1v) is 6.58. The zero-order valence-corrected chi connectivity index (χ0v) is 11.8. The van der Waals surface area contributed by atoms with Crippen LogP contribution in [0.15, 0.2) is 24.3 Å². The Labute approximate surface area is 117 Å². The summed E-state index contributed by atoms with van der Waals surface area (Å²) in [7, 11) is 0. The number of benzene rings is 1. The van der Waals surface area contributed by atoms with E-state index in [-0.39, 0.29) is 18.2 Å². The molecule has 1 aromatic carbocycles. The quantitative estimate of drug-likeness (QED) is 0.843. The van der Waals surface area contributed by atoms with Gasteiger partial charge in [-0.1, -0.05) is 44.0 Å². The molecule has 0 fully saturated rings. The van der Waals surface area contributed by atoms with Crippen LogP contribution >= 0.6 is 11.6 Å². The molecule has 1 aromatic rings. The number of hydrogen-bond acceptors (Lipinski definition) is 2. The van der Waals surface area contributed by atoms with Crippen molar-refractivity contribution in [1.29, 1.82) is 0 Å². The summed E-state index contributed by atoms with van der Waals surface area (Å²) in [4.78, 5) is 22.9. The number of carboxylic acids is 1. The Morgan fingerprint density at radius 1 is 1.42 bits per heavy atom. The fourth-order valence-electron chi connectivity index (χ4n) is 1.74. The Balaban J connectivity index is 2.65. The predicted octanol–water partition coefficient (Wildman–Crippen LogP) is 2.50. The van der Waals surface area contributed by atoms with Gasteiger partial charge in [0.2, 0.25) is 5.91 Å². The number of carbonyl (C=O) groups excluding carboxylic acids is 1. The lowest BCUT2D eigenvalue weighted by Gasteiger charge is -2.20. The lowest BCUT2D eigenvalue weighted by molar-refractivity contribution is -0.143. The van der Waals surface area contributed by atoms with Gasteiger partial charge in [-0.15, -0.1) is 0 Å². The SMILES string of the molecule is CC[C@H](C)[C@H](NC(=O)Cc1cccc(Cl)c1)C(=O)O. The molecule has 5 heteroatoms. The van der Waals surface area contributed by atoms with Crippen molar-refractivity contribution in [3.63, 3.8) is 0 Å². The molecule has 0 aromatic heterocycles. The van der Waals surface area contributed by atoms with Crippen LogP contribution in [0.3, 0.4) is 0 Å². The molecule has 104 valence electrons. The van der Waals surface area contributed by atoms with Gasteiger partial charge in [-0.2, -0.15) is 0 Å². The van der Waals surface area contributed by atoms with Crippen molar-refractivity contribution in [2.75, 3.05) is 0 Å². The summed E-state index contributed by atoms with van der Waals surface area (Å²) in [6.07, 6.45) is 0.815. The molecule has 0 aliphatic rings. The van der Waals surface area contributed by atoms with E-state index in [4.69, 9.17) is 16.7 Å². The maximum absolute atomic E-state index is 11.8. The molecule has 0 spiro atoms. The number of nitrogens with one attached hydrogen (secondary N) is 1. The predicted molar refractivity (Wildman–Crippen MR) is 74.2 cm³/mol. The van der Waals surface area contributed by atoms with E-state index in [1.54, 1.807) is 31.2 Å². The van der Waals surface area contributed by atoms with Gasteiger partial charge in [-0.05, 0) is 23.6 Å². The highest BCUT2D eigenvalue weighted by atomic mass is 35.5. The highest BCUT2D eigenvalue weighted by molar-refractivity contribution is 6.30. The molecule has 0 bridgehead atoms. The van der Waals surface area contributed by atoms with Crippen LogP contribution in [-0.4, -0.2) is 23.0 Å². The van der Waals surface area contributed by atoms with Gasteiger partial charge in [0.15, 0.2) is 0 Å². The van der Waals surface area contributed by atoms with Crippen molar-refractivity contribution in [2.24, 2.45) is 5.92 Å². The average Bonchev–Trinajstić information content (AvgIpc) is 2.34. The molecular formula is C14H18ClNO3. The summed E-state index contributed by atoms with van der Waals surface area (Å²) in [5.74, 6) is -1.43. The monoisotopic (exact) mass is 283 g/mol. The van der Waals surface area contributed by atoms with Gasteiger partial charge >= 0.3 is 5.97 Å².